The molecule has 0 aromatic heterocycles. The first-order valence-corrected chi connectivity index (χ1v) is 7.45. The number of aliphatic hydroxyl groups is 1. The van der Waals surface area contributed by atoms with E-state index in [1.54, 1.807) is 0 Å². The van der Waals surface area contributed by atoms with E-state index in [-0.39, 0.29) is 6.10 Å². The normalized spacial score (nSPS) is 18.4. The number of halogens is 1. The number of hydrogen-bond donors (Lipinski definition) is 2. The van der Waals surface area contributed by atoms with Gasteiger partial charge in [0.25, 0.3) is 0 Å². The second-order valence-corrected chi connectivity index (χ2v) is 5.75. The summed E-state index contributed by atoms with van der Waals surface area (Å²) < 4.78 is 5.56. The number of quaternary nitrogens is 1. The molecule has 0 bridgehead atoms. The molecule has 1 aliphatic rings. The average Bonchev–Trinajstić information content (AvgIpc) is 2.42. The molecular formula is C15H23ClNO2+. The molecule has 0 radical (unpaired) electrons. The second-order valence-electron chi connectivity index (χ2n) is 5.31. The third kappa shape index (κ3) is 5.49. The molecule has 1 atom stereocenters. The summed E-state index contributed by atoms with van der Waals surface area (Å²) in [6.45, 7) is 4.12. The fourth-order valence-electron chi connectivity index (χ4n) is 2.54. The minimum absolute atomic E-state index is 0.361. The zero-order valence-corrected chi connectivity index (χ0v) is 12.0. The Morgan fingerprint density at radius 1 is 1.16 bits per heavy atom. The van der Waals surface area contributed by atoms with Crippen LogP contribution >= 0.6 is 11.6 Å². The van der Waals surface area contributed by atoms with Crippen LogP contribution in [-0.2, 0) is 11.3 Å². The van der Waals surface area contributed by atoms with Crippen LogP contribution in [0, 0.1) is 0 Å². The summed E-state index contributed by atoms with van der Waals surface area (Å²) in [6.07, 6.45) is 3.55. The maximum absolute atomic E-state index is 9.96. The monoisotopic (exact) mass is 284 g/mol. The first-order chi connectivity index (χ1) is 9.24. The van der Waals surface area contributed by atoms with Crippen molar-refractivity contribution in [1.82, 2.24) is 0 Å². The first-order valence-electron chi connectivity index (χ1n) is 7.08. The zero-order chi connectivity index (χ0) is 13.5. The zero-order valence-electron chi connectivity index (χ0n) is 11.3. The van der Waals surface area contributed by atoms with E-state index >= 15 is 0 Å². The minimum atomic E-state index is -0.361. The smallest absolute Gasteiger partial charge is 0.126 e. The number of benzene rings is 1. The van der Waals surface area contributed by atoms with E-state index in [0.717, 1.165) is 17.1 Å². The van der Waals surface area contributed by atoms with Crippen LogP contribution in [0.15, 0.2) is 24.3 Å². The SMILES string of the molecule is O[C@@H](COCc1ccc(Cl)cc1)C[NH+]1CCCCC1. The summed E-state index contributed by atoms with van der Waals surface area (Å²) >= 11 is 5.82. The van der Waals surface area contributed by atoms with Gasteiger partial charge in [0.15, 0.2) is 0 Å². The molecular weight excluding hydrogens is 262 g/mol. The molecule has 3 nitrogen and oxygen atoms in total. The van der Waals surface area contributed by atoms with Crippen molar-refractivity contribution in [3.63, 3.8) is 0 Å². The largest absolute Gasteiger partial charge is 0.385 e. The van der Waals surface area contributed by atoms with Gasteiger partial charge in [-0.05, 0) is 37.0 Å². The molecule has 1 aromatic rings. The lowest BCUT2D eigenvalue weighted by Gasteiger charge is -2.25. The number of aliphatic hydroxyl groups excluding tert-OH is 1. The highest BCUT2D eigenvalue weighted by molar-refractivity contribution is 6.30. The van der Waals surface area contributed by atoms with Crippen LogP contribution < -0.4 is 4.90 Å². The molecule has 0 saturated carbocycles. The van der Waals surface area contributed by atoms with Crippen molar-refractivity contribution >= 4 is 11.6 Å². The molecule has 4 heteroatoms. The summed E-state index contributed by atoms with van der Waals surface area (Å²) in [7, 11) is 0. The number of ether oxygens (including phenoxy) is 1. The molecule has 106 valence electrons. The lowest BCUT2D eigenvalue weighted by Crippen LogP contribution is -3.14. The summed E-state index contributed by atoms with van der Waals surface area (Å²) in [6, 6.07) is 7.61. The maximum atomic E-state index is 9.96. The predicted molar refractivity (Wildman–Crippen MR) is 76.5 cm³/mol. The molecule has 0 spiro atoms. The van der Waals surface area contributed by atoms with Crippen LogP contribution in [0.2, 0.25) is 5.02 Å². The van der Waals surface area contributed by atoms with Crippen LogP contribution in [0.3, 0.4) is 0 Å². The highest BCUT2D eigenvalue weighted by Crippen LogP contribution is 2.10. The standard InChI is InChI=1S/C15H22ClNO2/c16-14-6-4-13(5-7-14)11-19-12-15(18)10-17-8-2-1-3-9-17/h4-7,15,18H,1-3,8-12H2/p+1/t15-/m1/s1. The van der Waals surface area contributed by atoms with Gasteiger partial charge < -0.3 is 14.7 Å². The van der Waals surface area contributed by atoms with Crippen molar-refractivity contribution in [3.05, 3.63) is 34.9 Å². The van der Waals surface area contributed by atoms with Crippen molar-refractivity contribution in [1.29, 1.82) is 0 Å². The van der Waals surface area contributed by atoms with Crippen LogP contribution in [0.1, 0.15) is 24.8 Å². The molecule has 1 fully saturated rings. The summed E-state index contributed by atoms with van der Waals surface area (Å²) in [5.41, 5.74) is 1.09. The van der Waals surface area contributed by atoms with Gasteiger partial charge >= 0.3 is 0 Å². The first kappa shape index (κ1) is 14.8. The lowest BCUT2D eigenvalue weighted by atomic mass is 10.1. The highest BCUT2D eigenvalue weighted by Gasteiger charge is 2.17. The topological polar surface area (TPSA) is 33.9 Å². The Balaban J connectivity index is 1.63. The molecule has 0 unspecified atom stereocenters. The lowest BCUT2D eigenvalue weighted by molar-refractivity contribution is -0.908. The van der Waals surface area contributed by atoms with Crippen molar-refractivity contribution in [2.75, 3.05) is 26.2 Å². The third-order valence-corrected chi connectivity index (χ3v) is 3.83. The van der Waals surface area contributed by atoms with Gasteiger partial charge in [-0.15, -0.1) is 0 Å². The van der Waals surface area contributed by atoms with E-state index < -0.39 is 0 Å². The van der Waals surface area contributed by atoms with E-state index in [4.69, 9.17) is 16.3 Å². The molecule has 0 amide bonds. The van der Waals surface area contributed by atoms with Crippen molar-refractivity contribution in [2.45, 2.75) is 32.0 Å². The van der Waals surface area contributed by atoms with Gasteiger partial charge in [0.05, 0.1) is 26.3 Å². The van der Waals surface area contributed by atoms with Gasteiger partial charge in [-0.1, -0.05) is 23.7 Å². The van der Waals surface area contributed by atoms with E-state index in [0.29, 0.717) is 13.2 Å². The Labute approximate surface area is 120 Å². The molecule has 2 N–H and O–H groups in total. The van der Waals surface area contributed by atoms with Crippen LogP contribution in [0.5, 0.6) is 0 Å². The highest BCUT2D eigenvalue weighted by atomic mass is 35.5. The number of hydrogen-bond acceptors (Lipinski definition) is 2. The van der Waals surface area contributed by atoms with E-state index in [1.807, 2.05) is 24.3 Å². The third-order valence-electron chi connectivity index (χ3n) is 3.58. The fourth-order valence-corrected chi connectivity index (χ4v) is 2.67. The number of likely N-dealkylation sites (tertiary alicyclic amines) is 1. The Kier molecular flexibility index (Phi) is 6.11. The van der Waals surface area contributed by atoms with Gasteiger partial charge in [-0.3, -0.25) is 0 Å². The Bertz CT molecular complexity index is 363. The van der Waals surface area contributed by atoms with Crippen molar-refractivity contribution < 1.29 is 14.7 Å². The molecule has 0 aliphatic carbocycles. The summed E-state index contributed by atoms with van der Waals surface area (Å²) in [5, 5.41) is 10.7. The molecule has 1 aliphatic heterocycles. The van der Waals surface area contributed by atoms with Gasteiger partial charge in [-0.25, -0.2) is 0 Å². The Hall–Kier alpha value is -0.610. The number of piperidine rings is 1. The van der Waals surface area contributed by atoms with Crippen molar-refractivity contribution in [2.24, 2.45) is 0 Å². The maximum Gasteiger partial charge on any atom is 0.126 e. The van der Waals surface area contributed by atoms with E-state index in [1.165, 1.54) is 37.3 Å². The minimum Gasteiger partial charge on any atom is -0.385 e. The van der Waals surface area contributed by atoms with E-state index in [9.17, 15) is 5.11 Å². The van der Waals surface area contributed by atoms with E-state index in [2.05, 4.69) is 0 Å². The summed E-state index contributed by atoms with van der Waals surface area (Å²) in [5.74, 6) is 0. The second kappa shape index (κ2) is 7.85. The average molecular weight is 285 g/mol. The molecule has 1 heterocycles. The van der Waals surface area contributed by atoms with Gasteiger partial charge in [-0.2, -0.15) is 0 Å². The van der Waals surface area contributed by atoms with Gasteiger partial charge in [0.2, 0.25) is 0 Å². The Morgan fingerprint density at radius 2 is 1.84 bits per heavy atom. The van der Waals surface area contributed by atoms with Crippen molar-refractivity contribution in [3.8, 4) is 0 Å². The Morgan fingerprint density at radius 3 is 2.53 bits per heavy atom. The molecule has 1 aromatic carbocycles. The van der Waals surface area contributed by atoms with Crippen LogP contribution in [0.25, 0.3) is 0 Å². The van der Waals surface area contributed by atoms with Crippen LogP contribution in [-0.4, -0.2) is 37.5 Å². The quantitative estimate of drug-likeness (QED) is 0.825. The predicted octanol–water partition coefficient (Wildman–Crippen LogP) is 1.29. The van der Waals surface area contributed by atoms with Gasteiger partial charge in [0.1, 0.15) is 12.6 Å². The molecule has 1 saturated heterocycles. The molecule has 19 heavy (non-hydrogen) atoms. The summed E-state index contributed by atoms with van der Waals surface area (Å²) in [4.78, 5) is 1.51. The number of rotatable bonds is 6. The van der Waals surface area contributed by atoms with Gasteiger partial charge in [0, 0.05) is 5.02 Å². The molecule has 2 rings (SSSR count). The van der Waals surface area contributed by atoms with Crippen LogP contribution in [0.4, 0.5) is 0 Å². The number of nitrogens with one attached hydrogen (secondary N) is 1. The fraction of sp³-hybridized carbons (Fsp3) is 0.600.